The highest BCUT2D eigenvalue weighted by molar-refractivity contribution is 5.81. The standard InChI is InChI=1S/C7H13NO2/c1-4-6-7(9)10-8(3)5-2/h4,6H,5H2,1-3H3. The molecule has 0 amide bonds. The number of nitrogens with zero attached hydrogens (tertiary/aromatic N) is 1. The molecule has 0 rings (SSSR count). The van der Waals surface area contributed by atoms with Crippen LogP contribution in [0.25, 0.3) is 0 Å². The summed E-state index contributed by atoms with van der Waals surface area (Å²) in [5, 5.41) is 1.47. The fourth-order valence-corrected chi connectivity index (χ4v) is 0.385. The Kier molecular flexibility index (Phi) is 4.58. The molecule has 0 spiro atoms. The number of hydroxylamine groups is 2. The Balaban J connectivity index is 3.57. The summed E-state index contributed by atoms with van der Waals surface area (Å²) in [6.45, 7) is 4.37. The molecule has 0 unspecified atom stereocenters. The highest BCUT2D eigenvalue weighted by Crippen LogP contribution is 1.86. The third kappa shape index (κ3) is 4.09. The average Bonchev–Trinajstić information content (AvgIpc) is 1.88. The van der Waals surface area contributed by atoms with Gasteiger partial charge in [-0.1, -0.05) is 6.08 Å². The Bertz CT molecular complexity index is 132. The van der Waals surface area contributed by atoms with Gasteiger partial charge in [-0.05, 0) is 13.8 Å². The largest absolute Gasteiger partial charge is 0.365 e. The van der Waals surface area contributed by atoms with Gasteiger partial charge < -0.3 is 4.84 Å². The molecule has 58 valence electrons. The molecule has 0 aliphatic rings. The Labute approximate surface area is 61.2 Å². The first kappa shape index (κ1) is 9.17. The van der Waals surface area contributed by atoms with Crippen LogP contribution >= 0.6 is 0 Å². The van der Waals surface area contributed by atoms with Crippen LogP contribution in [0.4, 0.5) is 0 Å². The summed E-state index contributed by atoms with van der Waals surface area (Å²) in [4.78, 5) is 15.4. The predicted octanol–water partition coefficient (Wildman–Crippen LogP) is 0.972. The van der Waals surface area contributed by atoms with Gasteiger partial charge in [0, 0.05) is 19.7 Å². The van der Waals surface area contributed by atoms with Gasteiger partial charge >= 0.3 is 5.97 Å². The summed E-state index contributed by atoms with van der Waals surface area (Å²) < 4.78 is 0. The number of allylic oxidation sites excluding steroid dienone is 1. The summed E-state index contributed by atoms with van der Waals surface area (Å²) in [6, 6.07) is 0. The Hall–Kier alpha value is -0.830. The zero-order valence-electron chi connectivity index (χ0n) is 6.63. The fourth-order valence-electron chi connectivity index (χ4n) is 0.385. The second kappa shape index (κ2) is 4.99. The van der Waals surface area contributed by atoms with Crippen molar-refractivity contribution in [2.45, 2.75) is 13.8 Å². The maximum Gasteiger partial charge on any atom is 0.349 e. The molecule has 0 saturated heterocycles. The van der Waals surface area contributed by atoms with Gasteiger partial charge in [-0.15, -0.1) is 5.06 Å². The van der Waals surface area contributed by atoms with Crippen molar-refractivity contribution in [3.63, 3.8) is 0 Å². The third-order valence-corrected chi connectivity index (χ3v) is 0.994. The van der Waals surface area contributed by atoms with Crippen LogP contribution in [-0.2, 0) is 9.63 Å². The van der Waals surface area contributed by atoms with E-state index in [4.69, 9.17) is 4.84 Å². The van der Waals surface area contributed by atoms with Crippen LogP contribution in [-0.4, -0.2) is 24.6 Å². The second-order valence-corrected chi connectivity index (χ2v) is 1.85. The quantitative estimate of drug-likeness (QED) is 0.435. The van der Waals surface area contributed by atoms with E-state index in [2.05, 4.69) is 0 Å². The molecule has 0 aromatic carbocycles. The molecule has 0 aromatic rings. The van der Waals surface area contributed by atoms with Gasteiger partial charge in [-0.2, -0.15) is 0 Å². The number of rotatable bonds is 3. The van der Waals surface area contributed by atoms with E-state index in [0.717, 1.165) is 0 Å². The van der Waals surface area contributed by atoms with Crippen molar-refractivity contribution in [1.29, 1.82) is 0 Å². The van der Waals surface area contributed by atoms with Crippen LogP contribution in [0.3, 0.4) is 0 Å². The summed E-state index contributed by atoms with van der Waals surface area (Å²) >= 11 is 0. The molecule has 0 aliphatic heterocycles. The minimum atomic E-state index is -0.327. The van der Waals surface area contributed by atoms with Crippen LogP contribution in [0.1, 0.15) is 13.8 Å². The Morgan fingerprint density at radius 3 is 2.70 bits per heavy atom. The highest BCUT2D eigenvalue weighted by atomic mass is 16.7. The van der Waals surface area contributed by atoms with E-state index in [9.17, 15) is 4.79 Å². The molecule has 0 aromatic heterocycles. The van der Waals surface area contributed by atoms with Gasteiger partial charge in [0.15, 0.2) is 0 Å². The first-order valence-corrected chi connectivity index (χ1v) is 3.26. The van der Waals surface area contributed by atoms with E-state index in [0.29, 0.717) is 6.54 Å². The van der Waals surface area contributed by atoms with Gasteiger partial charge in [0.1, 0.15) is 0 Å². The van der Waals surface area contributed by atoms with E-state index in [1.165, 1.54) is 11.1 Å². The molecule has 3 heteroatoms. The average molecular weight is 143 g/mol. The van der Waals surface area contributed by atoms with Crippen LogP contribution in [0.15, 0.2) is 12.2 Å². The van der Waals surface area contributed by atoms with E-state index >= 15 is 0 Å². The zero-order chi connectivity index (χ0) is 7.98. The maximum atomic E-state index is 10.7. The zero-order valence-corrected chi connectivity index (χ0v) is 6.63. The summed E-state index contributed by atoms with van der Waals surface area (Å²) in [5.41, 5.74) is 0. The minimum Gasteiger partial charge on any atom is -0.365 e. The van der Waals surface area contributed by atoms with Crippen molar-refractivity contribution in [2.75, 3.05) is 13.6 Å². The first-order valence-electron chi connectivity index (χ1n) is 3.26. The molecule has 0 bridgehead atoms. The maximum absolute atomic E-state index is 10.7. The predicted molar refractivity (Wildman–Crippen MR) is 39.2 cm³/mol. The molecule has 0 fully saturated rings. The van der Waals surface area contributed by atoms with Crippen molar-refractivity contribution in [1.82, 2.24) is 5.06 Å². The van der Waals surface area contributed by atoms with Gasteiger partial charge in [-0.3, -0.25) is 0 Å². The van der Waals surface area contributed by atoms with Gasteiger partial charge in [0.05, 0.1) is 0 Å². The van der Waals surface area contributed by atoms with E-state index < -0.39 is 0 Å². The van der Waals surface area contributed by atoms with Gasteiger partial charge in [0.25, 0.3) is 0 Å². The van der Waals surface area contributed by atoms with Crippen molar-refractivity contribution in [3.8, 4) is 0 Å². The minimum absolute atomic E-state index is 0.327. The summed E-state index contributed by atoms with van der Waals surface area (Å²) in [7, 11) is 1.71. The Morgan fingerprint density at radius 2 is 2.30 bits per heavy atom. The van der Waals surface area contributed by atoms with Crippen LogP contribution in [0, 0.1) is 0 Å². The third-order valence-electron chi connectivity index (χ3n) is 0.994. The van der Waals surface area contributed by atoms with Crippen LogP contribution in [0.2, 0.25) is 0 Å². The smallest absolute Gasteiger partial charge is 0.349 e. The van der Waals surface area contributed by atoms with E-state index in [1.807, 2.05) is 6.92 Å². The first-order chi connectivity index (χ1) is 4.70. The topological polar surface area (TPSA) is 29.5 Å². The lowest BCUT2D eigenvalue weighted by Gasteiger charge is -2.10. The molecule has 0 aliphatic carbocycles. The fraction of sp³-hybridized carbons (Fsp3) is 0.571. The number of carbonyl (C=O) groups is 1. The van der Waals surface area contributed by atoms with Gasteiger partial charge in [-0.25, -0.2) is 4.79 Å². The van der Waals surface area contributed by atoms with Crippen molar-refractivity contribution >= 4 is 5.97 Å². The second-order valence-electron chi connectivity index (χ2n) is 1.85. The van der Waals surface area contributed by atoms with Crippen LogP contribution < -0.4 is 0 Å². The lowest BCUT2D eigenvalue weighted by molar-refractivity contribution is -0.176. The summed E-state index contributed by atoms with van der Waals surface area (Å²) in [5.74, 6) is -0.327. The summed E-state index contributed by atoms with van der Waals surface area (Å²) in [6.07, 6.45) is 3.03. The SMILES string of the molecule is CC=CC(=O)ON(C)CC. The number of hydrogen-bond donors (Lipinski definition) is 0. The molecule has 0 N–H and O–H groups in total. The normalized spacial score (nSPS) is 10.8. The molecule has 0 saturated carbocycles. The lowest BCUT2D eigenvalue weighted by Crippen LogP contribution is -2.21. The number of hydrogen-bond acceptors (Lipinski definition) is 3. The van der Waals surface area contributed by atoms with Crippen LogP contribution in [0.5, 0.6) is 0 Å². The lowest BCUT2D eigenvalue weighted by atomic mass is 10.5. The van der Waals surface area contributed by atoms with Crippen molar-refractivity contribution in [3.05, 3.63) is 12.2 Å². The molecular formula is C7H13NO2. The van der Waals surface area contributed by atoms with Crippen molar-refractivity contribution in [2.24, 2.45) is 0 Å². The monoisotopic (exact) mass is 143 g/mol. The highest BCUT2D eigenvalue weighted by Gasteiger charge is 1.98. The van der Waals surface area contributed by atoms with Gasteiger partial charge in [0.2, 0.25) is 0 Å². The number of carbonyl (C=O) groups excluding carboxylic acids is 1. The molecule has 0 heterocycles. The molecular weight excluding hydrogens is 130 g/mol. The molecule has 0 radical (unpaired) electrons. The molecule has 10 heavy (non-hydrogen) atoms. The van der Waals surface area contributed by atoms with Crippen molar-refractivity contribution < 1.29 is 9.63 Å². The Morgan fingerprint density at radius 1 is 1.70 bits per heavy atom. The molecule has 3 nitrogen and oxygen atoms in total. The molecule has 0 atom stereocenters. The van der Waals surface area contributed by atoms with E-state index in [-0.39, 0.29) is 5.97 Å². The van der Waals surface area contributed by atoms with E-state index in [1.54, 1.807) is 20.0 Å².